The van der Waals surface area contributed by atoms with Crippen LogP contribution in [-0.2, 0) is 6.42 Å². The molecule has 4 rings (SSSR count). The summed E-state index contributed by atoms with van der Waals surface area (Å²) < 4.78 is 25.3. The molecule has 0 radical (unpaired) electrons. The number of halogens is 1. The lowest BCUT2D eigenvalue weighted by Gasteiger charge is -2.09. The highest BCUT2D eigenvalue weighted by molar-refractivity contribution is 5.82. The molecule has 0 aliphatic rings. The molecule has 10 heteroatoms. The maximum absolute atomic E-state index is 14.9. The van der Waals surface area contributed by atoms with Gasteiger partial charge in [-0.1, -0.05) is 36.4 Å². The number of carboxylic acid groups (broad SMARTS) is 1. The Bertz CT molecular complexity index is 1190. The van der Waals surface area contributed by atoms with Crippen LogP contribution in [0.2, 0.25) is 0 Å². The Morgan fingerprint density at radius 2 is 2.03 bits per heavy atom. The normalized spacial score (nSPS) is 10.9. The van der Waals surface area contributed by atoms with Crippen LogP contribution in [0.1, 0.15) is 28.9 Å². The first-order chi connectivity index (χ1) is 14.6. The summed E-state index contributed by atoms with van der Waals surface area (Å²) in [6, 6.07) is 12.1. The van der Waals surface area contributed by atoms with E-state index in [-0.39, 0.29) is 24.7 Å². The summed E-state index contributed by atoms with van der Waals surface area (Å²) in [7, 11) is 0. The molecule has 2 N–H and O–H groups in total. The minimum atomic E-state index is -1.32. The fraction of sp³-hybridized carbons (Fsp3) is 0.150. The summed E-state index contributed by atoms with van der Waals surface area (Å²) in [5, 5.41) is 22.9. The Hall–Kier alpha value is -4.08. The average Bonchev–Trinajstić information content (AvgIpc) is 3.40. The third-order valence-corrected chi connectivity index (χ3v) is 4.37. The predicted octanol–water partition coefficient (Wildman–Crippen LogP) is 3.35. The van der Waals surface area contributed by atoms with Crippen molar-refractivity contribution in [3.8, 4) is 28.5 Å². The van der Waals surface area contributed by atoms with Crippen LogP contribution in [0.3, 0.4) is 0 Å². The molecule has 2 aromatic carbocycles. The van der Waals surface area contributed by atoms with Gasteiger partial charge in [0, 0.05) is 12.0 Å². The van der Waals surface area contributed by atoms with E-state index in [9.17, 15) is 9.18 Å². The van der Waals surface area contributed by atoms with Crippen molar-refractivity contribution in [2.24, 2.45) is 0 Å². The van der Waals surface area contributed by atoms with E-state index >= 15 is 0 Å². The molecule has 0 atom stereocenters. The summed E-state index contributed by atoms with van der Waals surface area (Å²) in [5.41, 5.74) is 2.67. The van der Waals surface area contributed by atoms with Gasteiger partial charge in [0.1, 0.15) is 11.5 Å². The SMILES string of the molecule is CCOc1oc(C(=O)O)nc1Cc1ccc(-c2ccccc2-c2nnn[nH]2)cc1F. The van der Waals surface area contributed by atoms with Crippen molar-refractivity contribution in [1.29, 1.82) is 0 Å². The summed E-state index contributed by atoms with van der Waals surface area (Å²) in [5.74, 6) is -1.85. The van der Waals surface area contributed by atoms with E-state index in [1.807, 2.05) is 24.3 Å². The van der Waals surface area contributed by atoms with Crippen LogP contribution in [-0.4, -0.2) is 43.3 Å². The van der Waals surface area contributed by atoms with E-state index in [4.69, 9.17) is 14.3 Å². The molecule has 9 nitrogen and oxygen atoms in total. The zero-order chi connectivity index (χ0) is 21.1. The van der Waals surface area contributed by atoms with Crippen LogP contribution in [0.25, 0.3) is 22.5 Å². The van der Waals surface area contributed by atoms with E-state index in [2.05, 4.69) is 25.6 Å². The van der Waals surface area contributed by atoms with Gasteiger partial charge in [0.2, 0.25) is 0 Å². The molecular weight excluding hydrogens is 393 g/mol. The average molecular weight is 409 g/mol. The second-order valence-electron chi connectivity index (χ2n) is 6.27. The molecule has 0 amide bonds. The third-order valence-electron chi connectivity index (χ3n) is 4.37. The number of nitrogens with zero attached hydrogens (tertiary/aromatic N) is 4. The Balaban J connectivity index is 1.67. The number of hydrogen-bond donors (Lipinski definition) is 2. The number of rotatable bonds is 7. The van der Waals surface area contributed by atoms with Crippen LogP contribution in [0.5, 0.6) is 5.95 Å². The molecule has 4 aromatic rings. The topological polar surface area (TPSA) is 127 Å². The summed E-state index contributed by atoms with van der Waals surface area (Å²) in [6.45, 7) is 1.99. The number of aromatic carboxylic acids is 1. The van der Waals surface area contributed by atoms with Crippen molar-refractivity contribution in [3.63, 3.8) is 0 Å². The predicted molar refractivity (Wildman–Crippen MR) is 102 cm³/mol. The zero-order valence-electron chi connectivity index (χ0n) is 15.8. The van der Waals surface area contributed by atoms with Gasteiger partial charge in [-0.3, -0.25) is 0 Å². The monoisotopic (exact) mass is 409 g/mol. The highest BCUT2D eigenvalue weighted by atomic mass is 19.1. The number of carbonyl (C=O) groups is 1. The van der Waals surface area contributed by atoms with Crippen molar-refractivity contribution in [2.45, 2.75) is 13.3 Å². The van der Waals surface area contributed by atoms with Crippen LogP contribution in [0.15, 0.2) is 46.9 Å². The number of benzene rings is 2. The fourth-order valence-electron chi connectivity index (χ4n) is 3.04. The molecular formula is C20H16FN5O4. The van der Waals surface area contributed by atoms with Crippen molar-refractivity contribution in [2.75, 3.05) is 6.61 Å². The van der Waals surface area contributed by atoms with Crippen LogP contribution >= 0.6 is 0 Å². The first-order valence-corrected chi connectivity index (χ1v) is 9.04. The van der Waals surface area contributed by atoms with E-state index in [1.165, 1.54) is 6.07 Å². The molecule has 0 saturated heterocycles. The number of ether oxygens (including phenoxy) is 1. The molecule has 0 unspecified atom stereocenters. The van der Waals surface area contributed by atoms with Gasteiger partial charge in [0.25, 0.3) is 0 Å². The van der Waals surface area contributed by atoms with Crippen molar-refractivity contribution in [3.05, 3.63) is 65.4 Å². The summed E-state index contributed by atoms with van der Waals surface area (Å²) in [6.07, 6.45) is 0.0197. The standard InChI is InChI=1S/C20H16FN5O4/c1-2-29-20-16(22-18(30-20)19(27)28)10-12-8-7-11(9-15(12)21)13-5-3-4-6-14(13)17-23-25-26-24-17/h3-9H,2,10H2,1H3,(H,27,28)(H,23,24,25,26). The Labute approximate surface area is 169 Å². The van der Waals surface area contributed by atoms with Crippen LogP contribution < -0.4 is 4.74 Å². The van der Waals surface area contributed by atoms with Gasteiger partial charge in [-0.25, -0.2) is 19.3 Å². The van der Waals surface area contributed by atoms with Gasteiger partial charge in [-0.05, 0) is 40.1 Å². The molecule has 0 spiro atoms. The highest BCUT2D eigenvalue weighted by Crippen LogP contribution is 2.31. The van der Waals surface area contributed by atoms with Crippen molar-refractivity contribution >= 4 is 5.97 Å². The molecule has 0 aliphatic heterocycles. The minimum Gasteiger partial charge on any atom is -0.474 e. The third kappa shape index (κ3) is 3.75. The number of tetrazole rings is 1. The minimum absolute atomic E-state index is 0.0197. The molecule has 2 heterocycles. The van der Waals surface area contributed by atoms with Gasteiger partial charge in [0.15, 0.2) is 5.82 Å². The second kappa shape index (κ2) is 8.11. The van der Waals surface area contributed by atoms with E-state index < -0.39 is 17.7 Å². The maximum atomic E-state index is 14.9. The van der Waals surface area contributed by atoms with Crippen LogP contribution in [0, 0.1) is 5.82 Å². The zero-order valence-corrected chi connectivity index (χ0v) is 15.8. The molecule has 152 valence electrons. The lowest BCUT2D eigenvalue weighted by Crippen LogP contribution is -2.00. The Morgan fingerprint density at radius 3 is 2.70 bits per heavy atom. The summed E-state index contributed by atoms with van der Waals surface area (Å²) >= 11 is 0. The van der Waals surface area contributed by atoms with Gasteiger partial charge in [0.05, 0.1) is 6.61 Å². The highest BCUT2D eigenvalue weighted by Gasteiger charge is 2.21. The number of aromatic nitrogens is 5. The molecule has 0 aliphatic carbocycles. The lowest BCUT2D eigenvalue weighted by atomic mass is 9.97. The Morgan fingerprint density at radius 1 is 1.23 bits per heavy atom. The van der Waals surface area contributed by atoms with Crippen molar-refractivity contribution < 1.29 is 23.4 Å². The molecule has 0 fully saturated rings. The maximum Gasteiger partial charge on any atom is 0.392 e. The van der Waals surface area contributed by atoms with E-state index in [0.29, 0.717) is 17.0 Å². The van der Waals surface area contributed by atoms with Gasteiger partial charge in [-0.15, -0.1) is 5.10 Å². The first kappa shape index (κ1) is 19.2. The number of H-pyrrole nitrogens is 1. The smallest absolute Gasteiger partial charge is 0.392 e. The lowest BCUT2D eigenvalue weighted by molar-refractivity contribution is 0.0645. The second-order valence-corrected chi connectivity index (χ2v) is 6.27. The van der Waals surface area contributed by atoms with Gasteiger partial charge >= 0.3 is 17.8 Å². The fourth-order valence-corrected chi connectivity index (χ4v) is 3.04. The van der Waals surface area contributed by atoms with Gasteiger partial charge in [-0.2, -0.15) is 0 Å². The first-order valence-electron chi connectivity index (χ1n) is 9.04. The van der Waals surface area contributed by atoms with E-state index in [0.717, 1.165) is 11.1 Å². The number of hydrogen-bond acceptors (Lipinski definition) is 7. The Kier molecular flexibility index (Phi) is 5.21. The van der Waals surface area contributed by atoms with E-state index in [1.54, 1.807) is 19.1 Å². The van der Waals surface area contributed by atoms with Crippen LogP contribution in [0.4, 0.5) is 4.39 Å². The summed E-state index contributed by atoms with van der Waals surface area (Å²) in [4.78, 5) is 15.0. The molecule has 2 aromatic heterocycles. The van der Waals surface area contributed by atoms with Gasteiger partial charge < -0.3 is 14.3 Å². The molecule has 0 bridgehead atoms. The van der Waals surface area contributed by atoms with Crippen molar-refractivity contribution in [1.82, 2.24) is 25.6 Å². The molecule has 30 heavy (non-hydrogen) atoms. The number of aromatic amines is 1. The number of oxazole rings is 1. The quantitative estimate of drug-likeness (QED) is 0.476. The number of carboxylic acids is 1. The number of nitrogens with one attached hydrogen (secondary N) is 1. The molecule has 0 saturated carbocycles. The largest absolute Gasteiger partial charge is 0.474 e.